The van der Waals surface area contributed by atoms with Crippen LogP contribution in [0.2, 0.25) is 0 Å². The van der Waals surface area contributed by atoms with Crippen LogP contribution >= 0.6 is 34.9 Å². The Morgan fingerprint density at radius 2 is 0.648 bits per heavy atom. The molecular weight excluding hydrogens is 937 g/mol. The third-order valence-corrected chi connectivity index (χ3v) is 14.6. The molecule has 0 aliphatic carbocycles. The van der Waals surface area contributed by atoms with Crippen LogP contribution in [0.25, 0.3) is 0 Å². The summed E-state index contributed by atoms with van der Waals surface area (Å²) < 4.78 is 1.49. The van der Waals surface area contributed by atoms with Gasteiger partial charge >= 0.3 is 0 Å². The van der Waals surface area contributed by atoms with Gasteiger partial charge in [0.15, 0.2) is 8.68 Å². The molecule has 0 saturated carbocycles. The summed E-state index contributed by atoms with van der Waals surface area (Å²) in [6.45, 7) is 0.557. The topological polar surface area (TPSA) is 104 Å². The number of para-hydroxylation sites is 6. The summed E-state index contributed by atoms with van der Waals surface area (Å²) in [6.07, 6.45) is 2.22. The summed E-state index contributed by atoms with van der Waals surface area (Å²) in [6, 6.07) is 77.6. The second-order valence-electron chi connectivity index (χ2n) is 16.3. The molecular formula is C58H52N8O2S3. The molecule has 0 bridgehead atoms. The van der Waals surface area contributed by atoms with Crippen molar-refractivity contribution in [3.8, 4) is 0 Å². The molecule has 0 aliphatic heterocycles. The van der Waals surface area contributed by atoms with E-state index >= 15 is 0 Å². The smallest absolute Gasteiger partial charge is 0.175 e. The molecule has 0 spiro atoms. The number of hydrazone groups is 2. The standard InChI is InChI=1S/C58H52N8O2S3/c67-55(41-63(47-19-7-1-8-20-47)59-39-45-31-35-53(36-32-45)65(49-23-11-3-12-24-49)50-25-13-4-14-26-50)43-69-57-61-62-58(71-57)70-44-56(68)42-64(48-21-9-2-10-22-48)60-40-46-33-37-54(38-34-46)66(51-27-15-5-16-28-51)52-29-17-6-18-30-52/h1-40,55-56,67-68H,41-44H2. The summed E-state index contributed by atoms with van der Waals surface area (Å²) >= 11 is 4.36. The van der Waals surface area contributed by atoms with Gasteiger partial charge in [-0.05, 0) is 108 Å². The van der Waals surface area contributed by atoms with Gasteiger partial charge in [-0.15, -0.1) is 10.2 Å². The summed E-state index contributed by atoms with van der Waals surface area (Å²) in [4.78, 5) is 4.44. The SMILES string of the molecule is OC(CSc1nnc(SCC(O)CN(N=Cc2ccc(N(c3ccccc3)c3ccccc3)cc2)c2ccccc2)s1)CN(N=Cc1ccc(N(c2ccccc2)c2ccccc2)cc1)c1ccccc1. The molecule has 9 rings (SSSR count). The van der Waals surface area contributed by atoms with Crippen LogP contribution in [0.5, 0.6) is 0 Å². The summed E-state index contributed by atoms with van der Waals surface area (Å²) in [5.74, 6) is 0.796. The largest absolute Gasteiger partial charge is 0.390 e. The van der Waals surface area contributed by atoms with E-state index in [0.717, 1.165) is 65.3 Å². The highest BCUT2D eigenvalue weighted by Gasteiger charge is 2.18. The molecule has 10 nitrogen and oxygen atoms in total. The Morgan fingerprint density at radius 1 is 0.380 bits per heavy atom. The van der Waals surface area contributed by atoms with Gasteiger partial charge in [0, 0.05) is 45.6 Å². The maximum atomic E-state index is 11.3. The minimum atomic E-state index is -0.715. The zero-order valence-electron chi connectivity index (χ0n) is 38.8. The summed E-state index contributed by atoms with van der Waals surface area (Å²) in [7, 11) is 0. The van der Waals surface area contributed by atoms with Crippen molar-refractivity contribution in [2.45, 2.75) is 20.9 Å². The van der Waals surface area contributed by atoms with E-state index < -0.39 is 12.2 Å². The van der Waals surface area contributed by atoms with Crippen molar-refractivity contribution in [1.29, 1.82) is 0 Å². The Labute approximate surface area is 427 Å². The van der Waals surface area contributed by atoms with Crippen molar-refractivity contribution < 1.29 is 10.2 Å². The molecule has 71 heavy (non-hydrogen) atoms. The van der Waals surface area contributed by atoms with E-state index in [2.05, 4.69) is 117 Å². The predicted molar refractivity (Wildman–Crippen MR) is 298 cm³/mol. The number of thioether (sulfide) groups is 2. The van der Waals surface area contributed by atoms with Crippen molar-refractivity contribution in [1.82, 2.24) is 10.2 Å². The minimum Gasteiger partial charge on any atom is -0.390 e. The summed E-state index contributed by atoms with van der Waals surface area (Å²) in [5.41, 5.74) is 9.96. The molecule has 0 aliphatic rings. The fourth-order valence-corrected chi connectivity index (χ4v) is 10.6. The number of hydrogen-bond acceptors (Lipinski definition) is 13. The van der Waals surface area contributed by atoms with Gasteiger partial charge in [-0.3, -0.25) is 10.0 Å². The molecule has 2 atom stereocenters. The maximum Gasteiger partial charge on any atom is 0.175 e. The van der Waals surface area contributed by atoms with Gasteiger partial charge in [-0.1, -0.05) is 168 Å². The number of hydrogen-bond donors (Lipinski definition) is 2. The lowest BCUT2D eigenvalue weighted by molar-refractivity contribution is 0.204. The van der Waals surface area contributed by atoms with Crippen molar-refractivity contribution in [3.05, 3.63) is 242 Å². The Hall–Kier alpha value is -7.52. The molecule has 1 aromatic heterocycles. The van der Waals surface area contributed by atoms with Gasteiger partial charge in [-0.25, -0.2) is 0 Å². The second-order valence-corrected chi connectivity index (χ2v) is 19.8. The molecule has 1 heterocycles. The van der Waals surface area contributed by atoms with E-state index in [1.807, 2.05) is 156 Å². The normalized spacial score (nSPS) is 12.2. The number of aromatic nitrogens is 2. The van der Waals surface area contributed by atoms with Gasteiger partial charge in [0.2, 0.25) is 0 Å². The van der Waals surface area contributed by atoms with Gasteiger partial charge < -0.3 is 20.0 Å². The number of aliphatic hydroxyl groups excluding tert-OH is 2. The number of rotatable bonds is 22. The molecule has 2 N–H and O–H groups in total. The Bertz CT molecular complexity index is 2740. The highest BCUT2D eigenvalue weighted by atomic mass is 32.2. The molecule has 0 saturated heterocycles. The maximum absolute atomic E-state index is 11.3. The van der Waals surface area contributed by atoms with Crippen molar-refractivity contribution in [2.75, 3.05) is 44.4 Å². The quantitative estimate of drug-likeness (QED) is 0.0388. The highest BCUT2D eigenvalue weighted by molar-refractivity contribution is 8.03. The van der Waals surface area contributed by atoms with E-state index in [-0.39, 0.29) is 13.1 Å². The first-order chi connectivity index (χ1) is 35.0. The number of nitrogens with zero attached hydrogens (tertiary/aromatic N) is 8. The predicted octanol–water partition coefficient (Wildman–Crippen LogP) is 13.5. The van der Waals surface area contributed by atoms with Crippen LogP contribution in [0.3, 0.4) is 0 Å². The molecule has 9 aromatic rings. The molecule has 354 valence electrons. The highest BCUT2D eigenvalue weighted by Crippen LogP contribution is 2.36. The Balaban J connectivity index is 0.787. The van der Waals surface area contributed by atoms with E-state index in [1.54, 1.807) is 0 Å². The Morgan fingerprint density at radius 3 is 0.944 bits per heavy atom. The van der Waals surface area contributed by atoms with Gasteiger partial charge in [0.05, 0.1) is 49.1 Å². The van der Waals surface area contributed by atoms with E-state index in [4.69, 9.17) is 10.2 Å². The molecule has 8 aromatic carbocycles. The third-order valence-electron chi connectivity index (χ3n) is 11.1. The molecule has 0 fully saturated rings. The first-order valence-electron chi connectivity index (χ1n) is 23.2. The average Bonchev–Trinajstić information content (AvgIpc) is 3.90. The molecule has 13 heteroatoms. The zero-order chi connectivity index (χ0) is 48.5. The van der Waals surface area contributed by atoms with Crippen LogP contribution in [0.4, 0.5) is 45.5 Å². The van der Waals surface area contributed by atoms with Gasteiger partial charge in [0.1, 0.15) is 0 Å². The number of anilines is 8. The first-order valence-corrected chi connectivity index (χ1v) is 26.0. The van der Waals surface area contributed by atoms with Crippen LogP contribution in [-0.2, 0) is 0 Å². The van der Waals surface area contributed by atoms with Crippen LogP contribution in [0.1, 0.15) is 11.1 Å². The monoisotopic (exact) mass is 988 g/mol. The molecule has 2 unspecified atom stereocenters. The minimum absolute atomic E-state index is 0.279. The van der Waals surface area contributed by atoms with Gasteiger partial charge in [-0.2, -0.15) is 10.2 Å². The van der Waals surface area contributed by atoms with E-state index in [1.165, 1.54) is 34.9 Å². The first kappa shape index (κ1) is 48.5. The van der Waals surface area contributed by atoms with Crippen LogP contribution < -0.4 is 19.8 Å². The lowest BCUT2D eigenvalue weighted by atomic mass is 10.1. The van der Waals surface area contributed by atoms with Crippen LogP contribution in [0.15, 0.2) is 249 Å². The third kappa shape index (κ3) is 13.6. The fraction of sp³-hybridized carbons (Fsp3) is 0.103. The number of aliphatic hydroxyl groups is 2. The lowest BCUT2D eigenvalue weighted by Crippen LogP contribution is -2.30. The van der Waals surface area contributed by atoms with E-state index in [0.29, 0.717) is 11.5 Å². The van der Waals surface area contributed by atoms with Crippen LogP contribution in [0, 0.1) is 0 Å². The van der Waals surface area contributed by atoms with Crippen LogP contribution in [-0.4, -0.2) is 69.6 Å². The molecule has 0 radical (unpaired) electrons. The van der Waals surface area contributed by atoms with Crippen molar-refractivity contribution in [2.24, 2.45) is 10.2 Å². The zero-order valence-corrected chi connectivity index (χ0v) is 41.2. The average molecular weight is 989 g/mol. The molecule has 0 amide bonds. The van der Waals surface area contributed by atoms with Crippen molar-refractivity contribution >= 4 is 92.8 Å². The van der Waals surface area contributed by atoms with Gasteiger partial charge in [0.25, 0.3) is 0 Å². The van der Waals surface area contributed by atoms with Crippen molar-refractivity contribution in [3.63, 3.8) is 0 Å². The van der Waals surface area contributed by atoms with E-state index in [9.17, 15) is 10.2 Å². The summed E-state index contributed by atoms with van der Waals surface area (Å²) in [5, 5.41) is 44.8. The lowest BCUT2D eigenvalue weighted by Gasteiger charge is -2.25. The second kappa shape index (κ2) is 24.9. The Kier molecular flexibility index (Phi) is 17.0. The number of benzene rings is 8. The fourth-order valence-electron chi connectivity index (χ4n) is 7.69.